The van der Waals surface area contributed by atoms with E-state index in [1.807, 2.05) is 0 Å². The largest absolute Gasteiger partial charge is 0.494 e. The quantitative estimate of drug-likeness (QED) is 0.496. The molecule has 0 aliphatic heterocycles. The number of aliphatic hydroxyl groups excluding tert-OH is 1. The predicted molar refractivity (Wildman–Crippen MR) is 116 cm³/mol. The van der Waals surface area contributed by atoms with Crippen molar-refractivity contribution in [2.75, 3.05) is 20.3 Å². The number of hydrogen-bond acceptors (Lipinski definition) is 6. The zero-order valence-corrected chi connectivity index (χ0v) is 18.7. The number of benzene rings is 2. The average Bonchev–Trinajstić information content (AvgIpc) is 2.80. The van der Waals surface area contributed by atoms with Gasteiger partial charge in [0.05, 0.1) is 18.8 Å². The molecule has 0 saturated heterocycles. The molecule has 0 radical (unpaired) electrons. The smallest absolute Gasteiger partial charge is 0.262 e. The monoisotopic (exact) mass is 492 g/mol. The van der Waals surface area contributed by atoms with Crippen molar-refractivity contribution in [1.29, 1.82) is 0 Å². The molecule has 2 bridgehead atoms. The van der Waals surface area contributed by atoms with E-state index in [1.54, 1.807) is 0 Å². The Morgan fingerprint density at radius 2 is 1.60 bits per heavy atom. The van der Waals surface area contributed by atoms with Gasteiger partial charge < -0.3 is 30.0 Å². The fourth-order valence-corrected chi connectivity index (χ4v) is 4.12. The average molecular weight is 492 g/mol. The minimum atomic E-state index is -1.08. The third-order valence-corrected chi connectivity index (χ3v) is 5.95. The fraction of sp³-hybridized carbons (Fsp3) is 0.333. The summed E-state index contributed by atoms with van der Waals surface area (Å²) < 4.78 is 55.1. The van der Waals surface area contributed by atoms with Crippen molar-refractivity contribution in [2.45, 2.75) is 30.9 Å². The van der Waals surface area contributed by atoms with Crippen LogP contribution in [0.3, 0.4) is 0 Å². The fourth-order valence-electron chi connectivity index (χ4n) is 4.12. The Bertz CT molecular complexity index is 1180. The molecule has 1 saturated carbocycles. The molecule has 1 fully saturated rings. The number of fused-ring (bicyclic) bond motifs is 2. The highest BCUT2D eigenvalue weighted by Gasteiger charge is 2.52. The molecule has 35 heavy (non-hydrogen) atoms. The van der Waals surface area contributed by atoms with Crippen molar-refractivity contribution in [3.63, 3.8) is 0 Å². The standard InChI is InChI=1S/C24H23F3N2O6/c1-33-20-7-15(3-5-17(20)26)35-12-23(32)29-24-9-13(10-24)19(8-21(24)30)28-22(31)11-34-14-2-4-16(25)18(27)6-14/h2-7,21,30H,8-12H2,1H3,(H,28,31)(H,29,32)/t21-/m0/s1. The number of rotatable bonds is 9. The molecule has 2 aromatic rings. The van der Waals surface area contributed by atoms with Crippen LogP contribution in [0.15, 0.2) is 47.7 Å². The second kappa shape index (κ2) is 9.87. The summed E-state index contributed by atoms with van der Waals surface area (Å²) in [4.78, 5) is 24.6. The van der Waals surface area contributed by atoms with E-state index in [2.05, 4.69) is 10.6 Å². The molecule has 3 aliphatic rings. The van der Waals surface area contributed by atoms with Gasteiger partial charge in [0.15, 0.2) is 36.4 Å². The van der Waals surface area contributed by atoms with Gasteiger partial charge in [0.2, 0.25) is 0 Å². The van der Waals surface area contributed by atoms with Crippen molar-refractivity contribution < 1.29 is 42.1 Å². The molecule has 2 aromatic carbocycles. The number of halogens is 3. The van der Waals surface area contributed by atoms with E-state index in [-0.39, 0.29) is 30.3 Å². The Balaban J connectivity index is 1.27. The Morgan fingerprint density at radius 3 is 2.23 bits per heavy atom. The van der Waals surface area contributed by atoms with Crippen LogP contribution >= 0.6 is 0 Å². The SMILES string of the molecule is COc1cc(OCC(=O)NC23CC(=C(NC(=O)COc4ccc(F)c(F)c4)C[C@@H]2O)C3)ccc1F. The van der Waals surface area contributed by atoms with Crippen LogP contribution in [0.25, 0.3) is 0 Å². The van der Waals surface area contributed by atoms with Crippen molar-refractivity contribution >= 4 is 11.8 Å². The van der Waals surface area contributed by atoms with E-state index in [1.165, 1.54) is 25.3 Å². The second-order valence-corrected chi connectivity index (χ2v) is 8.36. The molecule has 3 N–H and O–H groups in total. The van der Waals surface area contributed by atoms with Crippen LogP contribution in [0.5, 0.6) is 17.2 Å². The van der Waals surface area contributed by atoms with Crippen molar-refractivity contribution in [2.24, 2.45) is 0 Å². The van der Waals surface area contributed by atoms with Crippen molar-refractivity contribution in [3.05, 3.63) is 65.1 Å². The minimum absolute atomic E-state index is 0.00653. The number of aliphatic hydroxyl groups is 1. The lowest BCUT2D eigenvalue weighted by molar-refractivity contribution is -0.129. The number of nitrogens with one attached hydrogen (secondary N) is 2. The highest BCUT2D eigenvalue weighted by Crippen LogP contribution is 2.47. The molecule has 0 spiro atoms. The summed E-state index contributed by atoms with van der Waals surface area (Å²) in [5.41, 5.74) is 0.565. The van der Waals surface area contributed by atoms with E-state index in [4.69, 9.17) is 14.2 Å². The first-order chi connectivity index (χ1) is 16.7. The molecule has 1 atom stereocenters. The van der Waals surface area contributed by atoms with Crippen molar-refractivity contribution in [3.8, 4) is 17.2 Å². The maximum Gasteiger partial charge on any atom is 0.262 e. The predicted octanol–water partition coefficient (Wildman–Crippen LogP) is 2.35. The van der Waals surface area contributed by atoms with Crippen molar-refractivity contribution in [1.82, 2.24) is 10.6 Å². The van der Waals surface area contributed by atoms with Gasteiger partial charge >= 0.3 is 0 Å². The Labute approximate surface area is 198 Å². The highest BCUT2D eigenvalue weighted by atomic mass is 19.2. The molecular weight excluding hydrogens is 469 g/mol. The zero-order chi connectivity index (χ0) is 25.2. The van der Waals surface area contributed by atoms with Gasteiger partial charge in [-0.15, -0.1) is 0 Å². The first-order valence-corrected chi connectivity index (χ1v) is 10.7. The lowest BCUT2D eigenvalue weighted by Crippen LogP contribution is -2.65. The lowest BCUT2D eigenvalue weighted by atomic mass is 9.62. The van der Waals surface area contributed by atoms with Crippen LogP contribution in [0.1, 0.15) is 19.3 Å². The first kappa shape index (κ1) is 24.4. The summed E-state index contributed by atoms with van der Waals surface area (Å²) in [5.74, 6) is -3.39. The third kappa shape index (κ3) is 5.35. The van der Waals surface area contributed by atoms with Gasteiger partial charge in [-0.05, 0) is 42.7 Å². The van der Waals surface area contributed by atoms with E-state index in [0.717, 1.165) is 23.8 Å². The molecule has 2 amide bonds. The molecule has 0 heterocycles. The van der Waals surface area contributed by atoms with E-state index in [0.29, 0.717) is 18.5 Å². The number of hydrogen-bond donors (Lipinski definition) is 3. The maximum absolute atomic E-state index is 13.5. The molecule has 3 aliphatic carbocycles. The number of amides is 2. The van der Waals surface area contributed by atoms with Gasteiger partial charge in [0.25, 0.3) is 11.8 Å². The number of methoxy groups -OCH3 is 1. The molecule has 5 rings (SSSR count). The van der Waals surface area contributed by atoms with Crippen LogP contribution in [0.2, 0.25) is 0 Å². The molecule has 0 unspecified atom stereocenters. The second-order valence-electron chi connectivity index (χ2n) is 8.36. The number of carbonyl (C=O) groups excluding carboxylic acids is 2. The van der Waals surface area contributed by atoms with Crippen LogP contribution in [0, 0.1) is 17.5 Å². The Morgan fingerprint density at radius 1 is 0.971 bits per heavy atom. The summed E-state index contributed by atoms with van der Waals surface area (Å²) >= 11 is 0. The Hall–Kier alpha value is -3.73. The van der Waals surface area contributed by atoms with Crippen LogP contribution < -0.4 is 24.8 Å². The van der Waals surface area contributed by atoms with Gasteiger partial charge in [-0.1, -0.05) is 0 Å². The third-order valence-electron chi connectivity index (χ3n) is 5.95. The molecule has 8 nitrogen and oxygen atoms in total. The minimum Gasteiger partial charge on any atom is -0.494 e. The number of carbonyl (C=O) groups is 2. The lowest BCUT2D eigenvalue weighted by Gasteiger charge is -2.52. The first-order valence-electron chi connectivity index (χ1n) is 10.7. The molecule has 0 aromatic heterocycles. The van der Waals surface area contributed by atoms with E-state index >= 15 is 0 Å². The molecule has 11 heteroatoms. The van der Waals surface area contributed by atoms with Gasteiger partial charge in [-0.25, -0.2) is 13.2 Å². The van der Waals surface area contributed by atoms with Gasteiger partial charge in [0, 0.05) is 24.3 Å². The molecule has 186 valence electrons. The van der Waals surface area contributed by atoms with E-state index < -0.39 is 47.5 Å². The van der Waals surface area contributed by atoms with Crippen LogP contribution in [-0.2, 0) is 9.59 Å². The van der Waals surface area contributed by atoms with Gasteiger partial charge in [-0.2, -0.15) is 0 Å². The van der Waals surface area contributed by atoms with E-state index in [9.17, 15) is 27.9 Å². The normalized spacial score (nSPS) is 20.5. The summed E-state index contributed by atoms with van der Waals surface area (Å²) in [7, 11) is 1.32. The van der Waals surface area contributed by atoms with Crippen LogP contribution in [0.4, 0.5) is 13.2 Å². The summed E-state index contributed by atoms with van der Waals surface area (Å²) in [5, 5.41) is 16.1. The zero-order valence-electron chi connectivity index (χ0n) is 18.7. The summed E-state index contributed by atoms with van der Waals surface area (Å²) in [6, 6.07) is 6.80. The maximum atomic E-state index is 13.5. The summed E-state index contributed by atoms with van der Waals surface area (Å²) in [6.07, 6.45) is -0.131. The van der Waals surface area contributed by atoms with Gasteiger partial charge in [-0.3, -0.25) is 9.59 Å². The van der Waals surface area contributed by atoms with Crippen LogP contribution in [-0.4, -0.2) is 48.9 Å². The summed E-state index contributed by atoms with van der Waals surface area (Å²) in [6.45, 7) is -0.765. The van der Waals surface area contributed by atoms with Gasteiger partial charge in [0.1, 0.15) is 11.5 Å². The topological polar surface area (TPSA) is 106 Å². The number of ether oxygens (including phenoxy) is 3. The Kier molecular flexibility index (Phi) is 6.88. The highest BCUT2D eigenvalue weighted by molar-refractivity contribution is 5.81. The molecular formula is C24H23F3N2O6.